The first-order valence-corrected chi connectivity index (χ1v) is 9.49. The molecule has 146 valence electrons. The highest BCUT2D eigenvalue weighted by atomic mass is 32.1. The van der Waals surface area contributed by atoms with E-state index in [4.69, 9.17) is 15.3 Å². The number of halogens is 1. The van der Waals surface area contributed by atoms with Crippen molar-refractivity contribution < 1.29 is 14.0 Å². The van der Waals surface area contributed by atoms with Gasteiger partial charge in [0, 0.05) is 28.6 Å². The van der Waals surface area contributed by atoms with E-state index in [9.17, 15) is 4.39 Å². The third kappa shape index (κ3) is 5.26. The molecule has 0 aliphatic heterocycles. The summed E-state index contributed by atoms with van der Waals surface area (Å²) in [5.41, 5.74) is 7.36. The molecule has 2 aromatic heterocycles. The number of pyridine rings is 1. The first-order chi connectivity index (χ1) is 13.3. The van der Waals surface area contributed by atoms with Gasteiger partial charge in [-0.2, -0.15) is 0 Å². The molecule has 0 unspecified atom stereocenters. The minimum Gasteiger partial charge on any atom is -0.439 e. The molecule has 1 aromatic carbocycles. The molecule has 0 radical (unpaired) electrons. The molecule has 0 spiro atoms. The number of nitrogens with two attached hydrogens (primary N) is 1. The zero-order chi connectivity index (χ0) is 20.1. The van der Waals surface area contributed by atoms with Crippen molar-refractivity contribution in [3.05, 3.63) is 70.1 Å². The topological polar surface area (TPSA) is 82.6 Å². The number of amidine groups is 1. The zero-order valence-corrected chi connectivity index (χ0v) is 16.7. The molecule has 0 bridgehead atoms. The second-order valence-corrected chi connectivity index (χ2v) is 7.94. The maximum absolute atomic E-state index is 12.9. The molecular weight excluding hydrogens is 379 g/mol. The second kappa shape index (κ2) is 8.35. The predicted octanol–water partition coefficient (Wildman–Crippen LogP) is 4.60. The molecule has 0 saturated heterocycles. The summed E-state index contributed by atoms with van der Waals surface area (Å²) in [6.45, 7) is 6.58. The van der Waals surface area contributed by atoms with Gasteiger partial charge in [0.1, 0.15) is 11.6 Å². The summed E-state index contributed by atoms with van der Waals surface area (Å²) in [6, 6.07) is 9.05. The molecule has 0 amide bonds. The molecule has 2 heterocycles. The fourth-order valence-corrected chi connectivity index (χ4v) is 3.05. The number of nitrogens with zero attached hydrogens (tertiary/aromatic N) is 3. The fourth-order valence-electron chi connectivity index (χ4n) is 2.15. The van der Waals surface area contributed by atoms with E-state index in [2.05, 4.69) is 35.9 Å². The Balaban J connectivity index is 1.57. The van der Waals surface area contributed by atoms with Gasteiger partial charge in [-0.15, -0.1) is 11.3 Å². The first-order valence-electron chi connectivity index (χ1n) is 8.61. The van der Waals surface area contributed by atoms with Crippen LogP contribution in [0.1, 0.15) is 37.0 Å². The molecule has 3 aromatic rings. The monoisotopic (exact) mass is 400 g/mol. The molecule has 0 atom stereocenters. The third-order valence-electron chi connectivity index (χ3n) is 3.64. The lowest BCUT2D eigenvalue weighted by Crippen LogP contribution is -2.14. The standard InChI is InChI=1S/C20H21FN4O2S/c1-20(2,3)19-24-15(12-28-19)11-26-25-18(22)13-4-9-17(23-10-13)27-16-7-5-14(21)6-8-16/h4-10,12H,11H2,1-3H3,(H2,22,25). The highest BCUT2D eigenvalue weighted by Gasteiger charge is 2.18. The van der Waals surface area contributed by atoms with E-state index in [1.165, 1.54) is 30.5 Å². The number of thiazole rings is 1. The number of ether oxygens (including phenoxy) is 1. The van der Waals surface area contributed by atoms with Gasteiger partial charge in [0.2, 0.25) is 5.88 Å². The van der Waals surface area contributed by atoms with Crippen LogP contribution in [0.3, 0.4) is 0 Å². The number of benzene rings is 1. The van der Waals surface area contributed by atoms with Crippen LogP contribution in [-0.2, 0) is 16.9 Å². The van der Waals surface area contributed by atoms with Crippen molar-refractivity contribution in [2.24, 2.45) is 10.9 Å². The maximum Gasteiger partial charge on any atom is 0.219 e. The molecule has 28 heavy (non-hydrogen) atoms. The van der Waals surface area contributed by atoms with Crippen LogP contribution >= 0.6 is 11.3 Å². The van der Waals surface area contributed by atoms with Crippen LogP contribution in [0.5, 0.6) is 11.6 Å². The van der Waals surface area contributed by atoms with Crippen molar-refractivity contribution in [1.82, 2.24) is 9.97 Å². The number of rotatable bonds is 6. The number of hydrogen-bond donors (Lipinski definition) is 1. The Morgan fingerprint density at radius 3 is 2.54 bits per heavy atom. The van der Waals surface area contributed by atoms with Crippen molar-refractivity contribution in [3.63, 3.8) is 0 Å². The maximum atomic E-state index is 12.9. The summed E-state index contributed by atoms with van der Waals surface area (Å²) < 4.78 is 18.5. The molecule has 0 aliphatic rings. The minimum atomic E-state index is -0.327. The molecule has 0 aliphatic carbocycles. The Bertz CT molecular complexity index is 948. The van der Waals surface area contributed by atoms with Gasteiger partial charge in [-0.25, -0.2) is 14.4 Å². The number of oxime groups is 1. The van der Waals surface area contributed by atoms with Crippen LogP contribution in [0.2, 0.25) is 0 Å². The smallest absolute Gasteiger partial charge is 0.219 e. The Kier molecular flexibility index (Phi) is 5.89. The van der Waals surface area contributed by atoms with Crippen molar-refractivity contribution >= 4 is 17.2 Å². The average Bonchev–Trinajstić information content (AvgIpc) is 3.13. The van der Waals surface area contributed by atoms with E-state index in [-0.39, 0.29) is 23.7 Å². The number of hydrogen-bond acceptors (Lipinski definition) is 6. The van der Waals surface area contributed by atoms with Gasteiger partial charge in [0.25, 0.3) is 0 Å². The van der Waals surface area contributed by atoms with E-state index < -0.39 is 0 Å². The van der Waals surface area contributed by atoms with E-state index >= 15 is 0 Å². The summed E-state index contributed by atoms with van der Waals surface area (Å²) in [7, 11) is 0. The lowest BCUT2D eigenvalue weighted by atomic mass is 9.98. The fraction of sp³-hybridized carbons (Fsp3) is 0.250. The first kappa shape index (κ1) is 19.8. The Morgan fingerprint density at radius 2 is 1.93 bits per heavy atom. The molecule has 0 saturated carbocycles. The van der Waals surface area contributed by atoms with Crippen molar-refractivity contribution in [2.45, 2.75) is 32.8 Å². The summed E-state index contributed by atoms with van der Waals surface area (Å²) in [4.78, 5) is 14.0. The minimum absolute atomic E-state index is 0.00854. The summed E-state index contributed by atoms with van der Waals surface area (Å²) >= 11 is 1.60. The Morgan fingerprint density at radius 1 is 1.18 bits per heavy atom. The molecular formula is C20H21FN4O2S. The second-order valence-electron chi connectivity index (χ2n) is 7.09. The van der Waals surface area contributed by atoms with E-state index in [0.717, 1.165) is 10.7 Å². The normalized spacial score (nSPS) is 12.1. The quantitative estimate of drug-likeness (QED) is 0.371. The van der Waals surface area contributed by atoms with Crippen LogP contribution in [-0.4, -0.2) is 15.8 Å². The SMILES string of the molecule is CC(C)(C)c1nc(CO/N=C(/N)c2ccc(Oc3ccc(F)cc3)nc2)cs1. The highest BCUT2D eigenvalue weighted by molar-refractivity contribution is 7.09. The summed E-state index contributed by atoms with van der Waals surface area (Å²) in [5, 5.41) is 6.92. The van der Waals surface area contributed by atoms with E-state index in [0.29, 0.717) is 17.2 Å². The summed E-state index contributed by atoms with van der Waals surface area (Å²) in [6.07, 6.45) is 1.53. The molecule has 0 fully saturated rings. The molecule has 8 heteroatoms. The van der Waals surface area contributed by atoms with Crippen LogP contribution in [0.25, 0.3) is 0 Å². The highest BCUT2D eigenvalue weighted by Crippen LogP contribution is 2.25. The average molecular weight is 400 g/mol. The van der Waals surface area contributed by atoms with Gasteiger partial charge < -0.3 is 15.3 Å². The van der Waals surface area contributed by atoms with Crippen LogP contribution in [0, 0.1) is 5.82 Å². The van der Waals surface area contributed by atoms with Gasteiger partial charge in [-0.05, 0) is 30.3 Å². The molecule has 3 rings (SSSR count). The van der Waals surface area contributed by atoms with Crippen LogP contribution in [0.4, 0.5) is 4.39 Å². The lowest BCUT2D eigenvalue weighted by molar-refractivity contribution is 0.128. The summed E-state index contributed by atoms with van der Waals surface area (Å²) in [5.74, 6) is 0.727. The lowest BCUT2D eigenvalue weighted by Gasteiger charge is -2.13. The zero-order valence-electron chi connectivity index (χ0n) is 15.8. The Hall–Kier alpha value is -3.00. The third-order valence-corrected chi connectivity index (χ3v) is 4.95. The number of aromatic nitrogens is 2. The van der Waals surface area contributed by atoms with Gasteiger partial charge in [0.05, 0.1) is 10.7 Å². The van der Waals surface area contributed by atoms with Gasteiger partial charge in [-0.3, -0.25) is 0 Å². The van der Waals surface area contributed by atoms with Gasteiger partial charge >= 0.3 is 0 Å². The Labute approximate surface area is 166 Å². The van der Waals surface area contributed by atoms with E-state index in [1.54, 1.807) is 23.5 Å². The van der Waals surface area contributed by atoms with Gasteiger partial charge in [-0.1, -0.05) is 25.9 Å². The van der Waals surface area contributed by atoms with Crippen LogP contribution < -0.4 is 10.5 Å². The van der Waals surface area contributed by atoms with Crippen molar-refractivity contribution in [3.8, 4) is 11.6 Å². The predicted molar refractivity (Wildman–Crippen MR) is 107 cm³/mol. The van der Waals surface area contributed by atoms with Crippen LogP contribution in [0.15, 0.2) is 53.1 Å². The molecule has 2 N–H and O–H groups in total. The van der Waals surface area contributed by atoms with Crippen molar-refractivity contribution in [1.29, 1.82) is 0 Å². The molecule has 6 nitrogen and oxygen atoms in total. The van der Waals surface area contributed by atoms with E-state index in [1.807, 2.05) is 5.38 Å². The largest absolute Gasteiger partial charge is 0.439 e. The van der Waals surface area contributed by atoms with Gasteiger partial charge in [0.15, 0.2) is 12.4 Å². The van der Waals surface area contributed by atoms with Crippen molar-refractivity contribution in [2.75, 3.05) is 0 Å².